The van der Waals surface area contributed by atoms with Crippen molar-refractivity contribution in [3.05, 3.63) is 59.7 Å². The molecule has 0 unspecified atom stereocenters. The molecule has 23 heavy (non-hydrogen) atoms. The average Bonchev–Trinajstić information content (AvgIpc) is 2.54. The Bertz CT molecular complexity index is 619. The standard InChI is InChI=1S/C19H24N2O2/c1-14(2)16-5-9-18(10-6-16)23-12-11-21-19(22)13-15-3-7-17(20)8-4-15/h3-10,14H,11-13,20H2,1-2H3,(H,21,22). The van der Waals surface area contributed by atoms with Gasteiger partial charge >= 0.3 is 0 Å². The van der Waals surface area contributed by atoms with Crippen molar-refractivity contribution in [2.24, 2.45) is 0 Å². The highest BCUT2D eigenvalue weighted by atomic mass is 16.5. The molecule has 1 amide bonds. The molecule has 2 rings (SSSR count). The smallest absolute Gasteiger partial charge is 0.224 e. The molecule has 4 heteroatoms. The number of hydrogen-bond donors (Lipinski definition) is 2. The summed E-state index contributed by atoms with van der Waals surface area (Å²) in [5.74, 6) is 1.31. The Balaban J connectivity index is 1.68. The van der Waals surface area contributed by atoms with Crippen molar-refractivity contribution < 1.29 is 9.53 Å². The molecule has 0 atom stereocenters. The minimum Gasteiger partial charge on any atom is -0.492 e. The Morgan fingerprint density at radius 1 is 1.09 bits per heavy atom. The maximum absolute atomic E-state index is 11.8. The maximum Gasteiger partial charge on any atom is 0.224 e. The zero-order valence-electron chi connectivity index (χ0n) is 13.7. The van der Waals surface area contributed by atoms with E-state index in [4.69, 9.17) is 10.5 Å². The normalized spacial score (nSPS) is 10.6. The van der Waals surface area contributed by atoms with Crippen LogP contribution in [0.5, 0.6) is 5.75 Å². The SMILES string of the molecule is CC(C)c1ccc(OCCNC(=O)Cc2ccc(N)cc2)cc1. The van der Waals surface area contributed by atoms with E-state index in [0.717, 1.165) is 11.3 Å². The molecular formula is C19H24N2O2. The van der Waals surface area contributed by atoms with Crippen molar-refractivity contribution in [2.75, 3.05) is 18.9 Å². The third kappa shape index (κ3) is 5.66. The molecule has 0 heterocycles. The van der Waals surface area contributed by atoms with Crippen LogP contribution in [0.2, 0.25) is 0 Å². The molecule has 0 bridgehead atoms. The van der Waals surface area contributed by atoms with E-state index < -0.39 is 0 Å². The van der Waals surface area contributed by atoms with Crippen molar-refractivity contribution in [2.45, 2.75) is 26.2 Å². The molecule has 0 aromatic heterocycles. The van der Waals surface area contributed by atoms with Crippen LogP contribution >= 0.6 is 0 Å². The maximum atomic E-state index is 11.8. The summed E-state index contributed by atoms with van der Waals surface area (Å²) in [5.41, 5.74) is 8.55. The van der Waals surface area contributed by atoms with Gasteiger partial charge in [-0.3, -0.25) is 4.79 Å². The second kappa shape index (κ2) is 8.22. The van der Waals surface area contributed by atoms with Crippen molar-refractivity contribution >= 4 is 11.6 Å². The highest BCUT2D eigenvalue weighted by Crippen LogP contribution is 2.18. The van der Waals surface area contributed by atoms with E-state index in [1.807, 2.05) is 24.3 Å². The molecule has 122 valence electrons. The minimum absolute atomic E-state index is 0.0199. The molecule has 0 saturated heterocycles. The summed E-state index contributed by atoms with van der Waals surface area (Å²) in [5, 5.41) is 2.85. The monoisotopic (exact) mass is 312 g/mol. The van der Waals surface area contributed by atoms with Crippen molar-refractivity contribution in [1.82, 2.24) is 5.32 Å². The van der Waals surface area contributed by atoms with Gasteiger partial charge in [-0.25, -0.2) is 0 Å². The van der Waals surface area contributed by atoms with Gasteiger partial charge in [0.05, 0.1) is 13.0 Å². The Morgan fingerprint density at radius 2 is 1.74 bits per heavy atom. The molecule has 2 aromatic rings. The van der Waals surface area contributed by atoms with Gasteiger partial charge in [0.2, 0.25) is 5.91 Å². The number of hydrogen-bond acceptors (Lipinski definition) is 3. The number of rotatable bonds is 7. The van der Waals surface area contributed by atoms with Crippen LogP contribution in [0, 0.1) is 0 Å². The predicted octanol–water partition coefficient (Wildman–Crippen LogP) is 3.13. The van der Waals surface area contributed by atoms with Crippen molar-refractivity contribution in [1.29, 1.82) is 0 Å². The molecule has 0 fully saturated rings. The second-order valence-electron chi connectivity index (χ2n) is 5.84. The minimum atomic E-state index is -0.0199. The lowest BCUT2D eigenvalue weighted by Crippen LogP contribution is -2.29. The molecule has 0 saturated carbocycles. The zero-order valence-corrected chi connectivity index (χ0v) is 13.7. The van der Waals surface area contributed by atoms with E-state index >= 15 is 0 Å². The van der Waals surface area contributed by atoms with E-state index in [0.29, 0.717) is 31.2 Å². The fourth-order valence-electron chi connectivity index (χ4n) is 2.19. The van der Waals surface area contributed by atoms with Gasteiger partial charge in [-0.05, 0) is 41.3 Å². The summed E-state index contributed by atoms with van der Waals surface area (Å²) >= 11 is 0. The van der Waals surface area contributed by atoms with Crippen LogP contribution in [-0.2, 0) is 11.2 Å². The lowest BCUT2D eigenvalue weighted by Gasteiger charge is -2.10. The number of carbonyl (C=O) groups is 1. The number of nitrogens with two attached hydrogens (primary N) is 1. The molecule has 0 spiro atoms. The van der Waals surface area contributed by atoms with Crippen LogP contribution in [0.4, 0.5) is 5.69 Å². The lowest BCUT2D eigenvalue weighted by atomic mass is 10.0. The first-order valence-corrected chi connectivity index (χ1v) is 7.88. The van der Waals surface area contributed by atoms with E-state index in [-0.39, 0.29) is 5.91 Å². The molecule has 3 N–H and O–H groups in total. The number of benzene rings is 2. The van der Waals surface area contributed by atoms with Gasteiger partial charge in [-0.1, -0.05) is 38.1 Å². The summed E-state index contributed by atoms with van der Waals surface area (Å²) in [6.45, 7) is 5.26. The van der Waals surface area contributed by atoms with E-state index in [1.54, 1.807) is 12.1 Å². The molecule has 0 radical (unpaired) electrons. The lowest BCUT2D eigenvalue weighted by molar-refractivity contribution is -0.120. The molecule has 4 nitrogen and oxygen atoms in total. The van der Waals surface area contributed by atoms with E-state index in [9.17, 15) is 4.79 Å². The topological polar surface area (TPSA) is 64.3 Å². The summed E-state index contributed by atoms with van der Waals surface area (Å²) in [6, 6.07) is 15.4. The Hall–Kier alpha value is -2.49. The first kappa shape index (κ1) is 16.9. The van der Waals surface area contributed by atoms with Gasteiger partial charge < -0.3 is 15.8 Å². The Kier molecular flexibility index (Phi) is 6.03. The number of nitrogen functional groups attached to an aromatic ring is 1. The van der Waals surface area contributed by atoms with Gasteiger partial charge in [0, 0.05) is 5.69 Å². The van der Waals surface area contributed by atoms with Crippen LogP contribution in [0.3, 0.4) is 0 Å². The molecule has 0 aliphatic rings. The van der Waals surface area contributed by atoms with Crippen molar-refractivity contribution in [3.63, 3.8) is 0 Å². The summed E-state index contributed by atoms with van der Waals surface area (Å²) in [6.07, 6.45) is 0.351. The number of ether oxygens (including phenoxy) is 1. The summed E-state index contributed by atoms with van der Waals surface area (Å²) < 4.78 is 5.63. The first-order chi connectivity index (χ1) is 11.0. The van der Waals surface area contributed by atoms with E-state index in [1.165, 1.54) is 5.56 Å². The van der Waals surface area contributed by atoms with Crippen LogP contribution in [0.15, 0.2) is 48.5 Å². The highest BCUT2D eigenvalue weighted by Gasteiger charge is 2.03. The van der Waals surface area contributed by atoms with Gasteiger partial charge in [0.15, 0.2) is 0 Å². The third-order valence-corrected chi connectivity index (χ3v) is 3.58. The van der Waals surface area contributed by atoms with Gasteiger partial charge in [0.1, 0.15) is 12.4 Å². The molecule has 0 aliphatic carbocycles. The molecule has 2 aromatic carbocycles. The first-order valence-electron chi connectivity index (χ1n) is 7.88. The molecular weight excluding hydrogens is 288 g/mol. The number of carbonyl (C=O) groups excluding carboxylic acids is 1. The van der Waals surface area contributed by atoms with E-state index in [2.05, 4.69) is 31.3 Å². The van der Waals surface area contributed by atoms with Gasteiger partial charge in [-0.2, -0.15) is 0 Å². The zero-order chi connectivity index (χ0) is 16.7. The van der Waals surface area contributed by atoms with Gasteiger partial charge in [-0.15, -0.1) is 0 Å². The average molecular weight is 312 g/mol. The number of nitrogens with one attached hydrogen (secondary N) is 1. The largest absolute Gasteiger partial charge is 0.492 e. The Labute approximate surface area is 137 Å². The van der Waals surface area contributed by atoms with Crippen LogP contribution in [-0.4, -0.2) is 19.1 Å². The van der Waals surface area contributed by atoms with Crippen LogP contribution in [0.1, 0.15) is 30.9 Å². The quantitative estimate of drug-likeness (QED) is 0.610. The fourth-order valence-corrected chi connectivity index (χ4v) is 2.19. The van der Waals surface area contributed by atoms with Crippen LogP contribution < -0.4 is 15.8 Å². The summed E-state index contributed by atoms with van der Waals surface area (Å²) in [4.78, 5) is 11.8. The fraction of sp³-hybridized carbons (Fsp3) is 0.316. The highest BCUT2D eigenvalue weighted by molar-refractivity contribution is 5.78. The Morgan fingerprint density at radius 3 is 2.35 bits per heavy atom. The van der Waals surface area contributed by atoms with Crippen molar-refractivity contribution in [3.8, 4) is 5.75 Å². The predicted molar refractivity (Wildman–Crippen MR) is 93.6 cm³/mol. The summed E-state index contributed by atoms with van der Waals surface area (Å²) in [7, 11) is 0. The van der Waals surface area contributed by atoms with Gasteiger partial charge in [0.25, 0.3) is 0 Å². The number of amides is 1. The second-order valence-corrected chi connectivity index (χ2v) is 5.84. The van der Waals surface area contributed by atoms with Crippen LogP contribution in [0.25, 0.3) is 0 Å². The number of anilines is 1. The molecule has 0 aliphatic heterocycles. The third-order valence-electron chi connectivity index (χ3n) is 3.58.